The third-order valence-electron chi connectivity index (χ3n) is 17.5. The zero-order valence-electron chi connectivity index (χ0n) is 34.2. The highest BCUT2D eigenvalue weighted by atomic mass is 16.7. The molecule has 0 amide bonds. The van der Waals surface area contributed by atoms with E-state index in [1.165, 1.54) is 19.3 Å². The van der Waals surface area contributed by atoms with Gasteiger partial charge in [0.2, 0.25) is 0 Å². The van der Waals surface area contributed by atoms with Crippen molar-refractivity contribution in [2.45, 2.75) is 152 Å². The van der Waals surface area contributed by atoms with Crippen molar-refractivity contribution < 1.29 is 39.4 Å². The van der Waals surface area contributed by atoms with Crippen LogP contribution in [0.1, 0.15) is 129 Å². The van der Waals surface area contributed by atoms with Gasteiger partial charge in [0.15, 0.2) is 11.6 Å². The van der Waals surface area contributed by atoms with Gasteiger partial charge >= 0.3 is 0 Å². The minimum absolute atomic E-state index is 0.00606. The normalized spacial score (nSPS) is 43.1. The predicted molar refractivity (Wildman–Crippen MR) is 209 cm³/mol. The van der Waals surface area contributed by atoms with Crippen molar-refractivity contribution >= 4 is 0 Å². The summed E-state index contributed by atoms with van der Waals surface area (Å²) in [6.45, 7) is 4.38. The Hall–Kier alpha value is -1.54. The molecule has 0 spiro atoms. The highest BCUT2D eigenvalue weighted by molar-refractivity contribution is 5.32. The molecule has 0 aromatic carbocycles. The molecular formula is C46H70O8. The summed E-state index contributed by atoms with van der Waals surface area (Å²) in [4.78, 5) is 0. The molecule has 0 heterocycles. The summed E-state index contributed by atoms with van der Waals surface area (Å²) >= 11 is 0. The molecule has 8 aliphatic rings. The minimum Gasteiger partial charge on any atom is -0.392 e. The van der Waals surface area contributed by atoms with E-state index in [9.17, 15) is 15.3 Å². The number of allylic oxidation sites excluding steroid dienone is 2. The number of rotatable bonds is 6. The first-order chi connectivity index (χ1) is 25.8. The molecule has 10 atom stereocenters. The van der Waals surface area contributed by atoms with E-state index in [0.717, 1.165) is 96.3 Å². The molecule has 0 aromatic heterocycles. The first-order valence-corrected chi connectivity index (χ1v) is 21.3. The van der Waals surface area contributed by atoms with E-state index in [2.05, 4.69) is 25.7 Å². The molecule has 8 heteroatoms. The van der Waals surface area contributed by atoms with Crippen LogP contribution in [0.5, 0.6) is 0 Å². The number of hydrogen-bond donors (Lipinski definition) is 4. The molecule has 4 fully saturated rings. The lowest BCUT2D eigenvalue weighted by Gasteiger charge is -2.54. The molecule has 0 aliphatic heterocycles. The lowest BCUT2D eigenvalue weighted by atomic mass is 9.52. The zero-order valence-corrected chi connectivity index (χ0v) is 34.2. The SMILES string of the molecule is COC1(OC)CCC2=C(CCC3C2CC[C@@]2(C)C3CC[C@@]2(O)/C=C\CO)C1.COC1(OC)CCC2=C(CCC3C2CC[C@@]2(C)C3CC[C@@]2(O)C#CCO)C1. The molecule has 0 aromatic rings. The molecule has 54 heavy (non-hydrogen) atoms. The van der Waals surface area contributed by atoms with Gasteiger partial charge in [-0.25, -0.2) is 0 Å². The van der Waals surface area contributed by atoms with Crippen molar-refractivity contribution in [3.05, 3.63) is 34.4 Å². The van der Waals surface area contributed by atoms with E-state index in [-0.39, 0.29) is 24.0 Å². The van der Waals surface area contributed by atoms with E-state index >= 15 is 0 Å². The zero-order chi connectivity index (χ0) is 38.6. The van der Waals surface area contributed by atoms with Crippen LogP contribution in [0.4, 0.5) is 0 Å². The summed E-state index contributed by atoms with van der Waals surface area (Å²) in [6, 6.07) is 0. The van der Waals surface area contributed by atoms with Crippen LogP contribution in [0.15, 0.2) is 34.4 Å². The number of ether oxygens (including phenoxy) is 4. The number of methoxy groups -OCH3 is 4. The average molecular weight is 751 g/mol. The summed E-state index contributed by atoms with van der Waals surface area (Å²) in [5.74, 6) is 8.73. The van der Waals surface area contributed by atoms with Gasteiger partial charge in [0, 0.05) is 65.0 Å². The third-order valence-corrected chi connectivity index (χ3v) is 17.5. The van der Waals surface area contributed by atoms with Crippen LogP contribution >= 0.6 is 0 Å². The lowest BCUT2D eigenvalue weighted by molar-refractivity contribution is -0.213. The summed E-state index contributed by atoms with van der Waals surface area (Å²) < 4.78 is 23.0. The fraction of sp³-hybridized carbons (Fsp3) is 0.826. The van der Waals surface area contributed by atoms with E-state index in [1.54, 1.807) is 56.8 Å². The number of hydrogen-bond acceptors (Lipinski definition) is 8. The van der Waals surface area contributed by atoms with Crippen LogP contribution in [0.25, 0.3) is 0 Å². The summed E-state index contributed by atoms with van der Waals surface area (Å²) in [7, 11) is 7.07. The average Bonchev–Trinajstić information content (AvgIpc) is 3.63. The summed E-state index contributed by atoms with van der Waals surface area (Å²) in [6.07, 6.45) is 22.4. The highest BCUT2D eigenvalue weighted by Crippen LogP contribution is 2.66. The Balaban J connectivity index is 0.000000167. The maximum absolute atomic E-state index is 11.4. The Kier molecular flexibility index (Phi) is 11.5. The standard InChI is InChI=1S/C23H36O4.C23H34O4/c2*1-21-11-7-18-17-8-13-23(26-2,27-3)15-16(17)5-6-19(18)20(21)9-12-22(21,25)10-4-14-24/h4,10,18-20,24-25H,5-9,11-15H2,1-3H3;18-20,24-25H,5-9,11-15H2,1-3H3/b10-4-;/t2*18?,19?,20?,21-,22-/m00/s1. The molecule has 8 nitrogen and oxygen atoms in total. The number of aliphatic hydroxyl groups excluding tert-OH is 2. The van der Waals surface area contributed by atoms with Crippen molar-refractivity contribution in [2.24, 2.45) is 46.3 Å². The first kappa shape index (κ1) is 40.6. The molecular weight excluding hydrogens is 680 g/mol. The minimum atomic E-state index is -0.937. The third kappa shape index (κ3) is 6.44. The summed E-state index contributed by atoms with van der Waals surface area (Å²) in [5.41, 5.74) is 4.63. The van der Waals surface area contributed by atoms with Crippen molar-refractivity contribution in [1.29, 1.82) is 0 Å². The van der Waals surface area contributed by atoms with Gasteiger partial charge in [-0.1, -0.05) is 60.1 Å². The number of fused-ring (bicyclic) bond motifs is 8. The van der Waals surface area contributed by atoms with Crippen molar-refractivity contribution in [3.8, 4) is 11.8 Å². The predicted octanol–water partition coefficient (Wildman–Crippen LogP) is 7.39. The van der Waals surface area contributed by atoms with Gasteiger partial charge in [-0.3, -0.25) is 0 Å². The van der Waals surface area contributed by atoms with Gasteiger partial charge in [-0.05, 0) is 125 Å². The Morgan fingerprint density at radius 3 is 1.63 bits per heavy atom. The van der Waals surface area contributed by atoms with Gasteiger partial charge in [0.05, 0.1) is 12.2 Å². The van der Waals surface area contributed by atoms with E-state index in [1.807, 2.05) is 6.08 Å². The molecule has 0 radical (unpaired) electrons. The Morgan fingerprint density at radius 2 is 1.13 bits per heavy atom. The Morgan fingerprint density at radius 1 is 0.630 bits per heavy atom. The maximum atomic E-state index is 11.4. The van der Waals surface area contributed by atoms with Gasteiger partial charge in [-0.2, -0.15) is 0 Å². The molecule has 0 bridgehead atoms. The Labute approximate surface area is 325 Å². The van der Waals surface area contributed by atoms with Crippen molar-refractivity contribution in [3.63, 3.8) is 0 Å². The molecule has 4 N–H and O–H groups in total. The second kappa shape index (κ2) is 15.3. The second-order valence-electron chi connectivity index (χ2n) is 18.9. The van der Waals surface area contributed by atoms with Crippen LogP contribution in [0.2, 0.25) is 0 Å². The van der Waals surface area contributed by atoms with Crippen molar-refractivity contribution in [2.75, 3.05) is 41.7 Å². The smallest absolute Gasteiger partial charge is 0.171 e. The lowest BCUT2D eigenvalue weighted by Crippen LogP contribution is -2.51. The largest absolute Gasteiger partial charge is 0.392 e. The molecule has 8 rings (SSSR count). The van der Waals surface area contributed by atoms with Gasteiger partial charge < -0.3 is 39.4 Å². The van der Waals surface area contributed by atoms with E-state index < -0.39 is 22.8 Å². The fourth-order valence-electron chi connectivity index (χ4n) is 14.2. The monoisotopic (exact) mass is 751 g/mol. The van der Waals surface area contributed by atoms with E-state index in [0.29, 0.717) is 35.5 Å². The molecule has 0 saturated heterocycles. The van der Waals surface area contributed by atoms with E-state index in [4.69, 9.17) is 24.1 Å². The van der Waals surface area contributed by atoms with Crippen LogP contribution < -0.4 is 0 Å². The maximum Gasteiger partial charge on any atom is 0.171 e. The van der Waals surface area contributed by atoms with Gasteiger partial charge in [0.25, 0.3) is 0 Å². The molecule has 302 valence electrons. The topological polar surface area (TPSA) is 118 Å². The molecule has 4 saturated carbocycles. The summed E-state index contributed by atoms with van der Waals surface area (Å²) in [5, 5.41) is 41.0. The van der Waals surface area contributed by atoms with Crippen LogP contribution in [-0.4, -0.2) is 84.9 Å². The van der Waals surface area contributed by atoms with Crippen LogP contribution in [0, 0.1) is 58.2 Å². The Bertz CT molecular complexity index is 1540. The van der Waals surface area contributed by atoms with Crippen LogP contribution in [0.3, 0.4) is 0 Å². The first-order valence-electron chi connectivity index (χ1n) is 21.3. The number of aliphatic hydroxyl groups is 4. The van der Waals surface area contributed by atoms with Crippen LogP contribution in [-0.2, 0) is 18.9 Å². The van der Waals surface area contributed by atoms with Crippen molar-refractivity contribution in [1.82, 2.24) is 0 Å². The molecule has 6 unspecified atom stereocenters. The van der Waals surface area contributed by atoms with Gasteiger partial charge in [0.1, 0.15) is 12.2 Å². The fourth-order valence-corrected chi connectivity index (χ4v) is 14.2. The molecule has 8 aliphatic carbocycles. The van der Waals surface area contributed by atoms with Gasteiger partial charge in [-0.15, -0.1) is 0 Å². The quantitative estimate of drug-likeness (QED) is 0.126. The second-order valence-corrected chi connectivity index (χ2v) is 18.9. The highest BCUT2D eigenvalue weighted by Gasteiger charge is 2.63.